The van der Waals surface area contributed by atoms with Crippen LogP contribution in [0.1, 0.15) is 24.5 Å². The Bertz CT molecular complexity index is 450. The zero-order valence-electron chi connectivity index (χ0n) is 11.8. The third-order valence-corrected chi connectivity index (χ3v) is 3.35. The molecule has 2 aromatic carbocycles. The molecule has 1 heteroatoms. The molecule has 2 aromatic rings. The summed E-state index contributed by atoms with van der Waals surface area (Å²) < 4.78 is 0. The van der Waals surface area contributed by atoms with Crippen LogP contribution in [0.5, 0.6) is 0 Å². The Labute approximate surface area is 116 Å². The van der Waals surface area contributed by atoms with Gasteiger partial charge in [-0.1, -0.05) is 67.6 Å². The lowest BCUT2D eigenvalue weighted by atomic mass is 10.1. The minimum Gasteiger partial charge on any atom is -0.299 e. The van der Waals surface area contributed by atoms with Crippen molar-refractivity contribution in [2.24, 2.45) is 0 Å². The van der Waals surface area contributed by atoms with Crippen LogP contribution in [0, 0.1) is 0 Å². The largest absolute Gasteiger partial charge is 0.299 e. The van der Waals surface area contributed by atoms with Gasteiger partial charge < -0.3 is 0 Å². The number of hydrogen-bond acceptors (Lipinski definition) is 1. The number of nitrogens with zero attached hydrogens (tertiary/aromatic N) is 1. The van der Waals surface area contributed by atoms with Gasteiger partial charge in [0.1, 0.15) is 0 Å². The topological polar surface area (TPSA) is 3.24 Å². The van der Waals surface area contributed by atoms with Gasteiger partial charge in [-0.3, -0.25) is 4.90 Å². The standard InChI is InChI=1S/C18H23N/c1-2-14-19(16-18-11-7-4-8-12-18)15-13-17-9-5-3-6-10-17/h3-12H,2,13-16H2,1H3. The van der Waals surface area contributed by atoms with Crippen LogP contribution in [0.25, 0.3) is 0 Å². The van der Waals surface area contributed by atoms with Gasteiger partial charge in [0.15, 0.2) is 0 Å². The van der Waals surface area contributed by atoms with E-state index in [1.807, 2.05) is 0 Å². The molecule has 0 saturated carbocycles. The Morgan fingerprint density at radius 1 is 0.737 bits per heavy atom. The molecule has 2 rings (SSSR count). The molecule has 0 aromatic heterocycles. The first kappa shape index (κ1) is 13.8. The second kappa shape index (κ2) is 7.75. The van der Waals surface area contributed by atoms with E-state index in [1.54, 1.807) is 0 Å². The summed E-state index contributed by atoms with van der Waals surface area (Å²) in [6, 6.07) is 21.5. The Hall–Kier alpha value is -1.60. The molecule has 0 radical (unpaired) electrons. The van der Waals surface area contributed by atoms with Gasteiger partial charge in [-0.2, -0.15) is 0 Å². The zero-order valence-corrected chi connectivity index (χ0v) is 11.8. The van der Waals surface area contributed by atoms with E-state index in [2.05, 4.69) is 72.5 Å². The fourth-order valence-corrected chi connectivity index (χ4v) is 2.36. The lowest BCUT2D eigenvalue weighted by Crippen LogP contribution is -2.26. The summed E-state index contributed by atoms with van der Waals surface area (Å²) >= 11 is 0. The SMILES string of the molecule is CCCN(CCc1ccccc1)Cc1ccccc1. The fraction of sp³-hybridized carbons (Fsp3) is 0.333. The average Bonchev–Trinajstić information content (AvgIpc) is 2.47. The van der Waals surface area contributed by atoms with Gasteiger partial charge in [-0.05, 0) is 30.5 Å². The van der Waals surface area contributed by atoms with E-state index in [4.69, 9.17) is 0 Å². The van der Waals surface area contributed by atoms with E-state index in [-0.39, 0.29) is 0 Å². The van der Waals surface area contributed by atoms with Crippen molar-refractivity contribution in [2.45, 2.75) is 26.3 Å². The van der Waals surface area contributed by atoms with Crippen molar-refractivity contribution in [2.75, 3.05) is 13.1 Å². The highest BCUT2D eigenvalue weighted by Gasteiger charge is 2.05. The smallest absolute Gasteiger partial charge is 0.0233 e. The quantitative estimate of drug-likeness (QED) is 0.717. The molecular formula is C18H23N. The molecule has 0 aliphatic carbocycles. The molecule has 0 spiro atoms. The molecule has 0 unspecified atom stereocenters. The Kier molecular flexibility index (Phi) is 5.64. The normalized spacial score (nSPS) is 10.8. The van der Waals surface area contributed by atoms with Crippen molar-refractivity contribution in [3.8, 4) is 0 Å². The lowest BCUT2D eigenvalue weighted by Gasteiger charge is -2.21. The van der Waals surface area contributed by atoms with E-state index in [0.717, 1.165) is 19.5 Å². The second-order valence-electron chi connectivity index (χ2n) is 5.00. The predicted octanol–water partition coefficient (Wildman–Crippen LogP) is 4.14. The molecular weight excluding hydrogens is 230 g/mol. The summed E-state index contributed by atoms with van der Waals surface area (Å²) in [7, 11) is 0. The van der Waals surface area contributed by atoms with Crippen LogP contribution >= 0.6 is 0 Å². The first-order valence-electron chi connectivity index (χ1n) is 7.18. The number of rotatable bonds is 7. The minimum atomic E-state index is 1.06. The Morgan fingerprint density at radius 2 is 1.32 bits per heavy atom. The summed E-state index contributed by atoms with van der Waals surface area (Å²) in [5.74, 6) is 0. The maximum Gasteiger partial charge on any atom is 0.0233 e. The number of hydrogen-bond donors (Lipinski definition) is 0. The molecule has 0 aliphatic rings. The van der Waals surface area contributed by atoms with Crippen molar-refractivity contribution in [1.29, 1.82) is 0 Å². The van der Waals surface area contributed by atoms with Crippen LogP contribution < -0.4 is 0 Å². The molecule has 0 amide bonds. The van der Waals surface area contributed by atoms with Crippen molar-refractivity contribution in [3.63, 3.8) is 0 Å². The second-order valence-corrected chi connectivity index (χ2v) is 5.00. The average molecular weight is 253 g/mol. The van der Waals surface area contributed by atoms with Crippen LogP contribution in [-0.4, -0.2) is 18.0 Å². The summed E-state index contributed by atoms with van der Waals surface area (Å²) in [5, 5.41) is 0. The maximum absolute atomic E-state index is 2.54. The van der Waals surface area contributed by atoms with E-state index in [0.29, 0.717) is 0 Å². The van der Waals surface area contributed by atoms with Gasteiger partial charge in [0.25, 0.3) is 0 Å². The fourth-order valence-electron chi connectivity index (χ4n) is 2.36. The van der Waals surface area contributed by atoms with Crippen molar-refractivity contribution < 1.29 is 0 Å². The van der Waals surface area contributed by atoms with E-state index >= 15 is 0 Å². The molecule has 0 aliphatic heterocycles. The highest BCUT2D eigenvalue weighted by Crippen LogP contribution is 2.07. The molecule has 0 heterocycles. The van der Waals surface area contributed by atoms with Gasteiger partial charge in [-0.15, -0.1) is 0 Å². The molecule has 0 fully saturated rings. The summed E-state index contributed by atoms with van der Waals surface area (Å²) in [5.41, 5.74) is 2.83. The van der Waals surface area contributed by atoms with Gasteiger partial charge in [0.2, 0.25) is 0 Å². The highest BCUT2D eigenvalue weighted by molar-refractivity contribution is 5.16. The molecule has 1 nitrogen and oxygen atoms in total. The zero-order chi connectivity index (χ0) is 13.3. The van der Waals surface area contributed by atoms with Gasteiger partial charge >= 0.3 is 0 Å². The monoisotopic (exact) mass is 253 g/mol. The van der Waals surface area contributed by atoms with E-state index in [9.17, 15) is 0 Å². The third-order valence-electron chi connectivity index (χ3n) is 3.35. The summed E-state index contributed by atoms with van der Waals surface area (Å²) in [6.45, 7) is 5.61. The van der Waals surface area contributed by atoms with Gasteiger partial charge in [-0.25, -0.2) is 0 Å². The molecule has 0 bridgehead atoms. The van der Waals surface area contributed by atoms with E-state index < -0.39 is 0 Å². The van der Waals surface area contributed by atoms with Crippen LogP contribution in [0.15, 0.2) is 60.7 Å². The van der Waals surface area contributed by atoms with Crippen LogP contribution in [0.3, 0.4) is 0 Å². The Morgan fingerprint density at radius 3 is 1.89 bits per heavy atom. The summed E-state index contributed by atoms with van der Waals surface area (Å²) in [4.78, 5) is 2.54. The van der Waals surface area contributed by atoms with Crippen molar-refractivity contribution >= 4 is 0 Å². The van der Waals surface area contributed by atoms with Gasteiger partial charge in [0.05, 0.1) is 0 Å². The number of benzene rings is 2. The van der Waals surface area contributed by atoms with E-state index in [1.165, 1.54) is 24.1 Å². The lowest BCUT2D eigenvalue weighted by molar-refractivity contribution is 0.269. The first-order chi connectivity index (χ1) is 9.38. The highest BCUT2D eigenvalue weighted by atomic mass is 15.1. The molecule has 0 atom stereocenters. The van der Waals surface area contributed by atoms with Gasteiger partial charge in [0, 0.05) is 13.1 Å². The summed E-state index contributed by atoms with van der Waals surface area (Å²) in [6.07, 6.45) is 2.34. The van der Waals surface area contributed by atoms with Crippen LogP contribution in [-0.2, 0) is 13.0 Å². The maximum atomic E-state index is 2.54. The van der Waals surface area contributed by atoms with Crippen molar-refractivity contribution in [1.82, 2.24) is 4.90 Å². The minimum absolute atomic E-state index is 1.06. The molecule has 0 saturated heterocycles. The predicted molar refractivity (Wildman–Crippen MR) is 82.2 cm³/mol. The molecule has 19 heavy (non-hydrogen) atoms. The first-order valence-corrected chi connectivity index (χ1v) is 7.18. The third kappa shape index (κ3) is 4.88. The molecule has 0 N–H and O–H groups in total. The van der Waals surface area contributed by atoms with Crippen LogP contribution in [0.2, 0.25) is 0 Å². The molecule has 100 valence electrons. The van der Waals surface area contributed by atoms with Crippen LogP contribution in [0.4, 0.5) is 0 Å². The Balaban J connectivity index is 1.89. The van der Waals surface area contributed by atoms with Crippen molar-refractivity contribution in [3.05, 3.63) is 71.8 Å².